The Morgan fingerprint density at radius 3 is 1.50 bits per heavy atom. The maximum atomic E-state index is 14.6. The van der Waals surface area contributed by atoms with Crippen LogP contribution >= 0.6 is 31.9 Å². The maximum absolute atomic E-state index is 14.6. The zero-order valence-corrected chi connectivity index (χ0v) is 19.4. The summed E-state index contributed by atoms with van der Waals surface area (Å²) < 4.78 is 87.7. The van der Waals surface area contributed by atoms with Crippen LogP contribution in [-0.4, -0.2) is 17.5 Å². The predicted octanol–water partition coefficient (Wildman–Crippen LogP) is 7.53. The van der Waals surface area contributed by atoms with E-state index in [9.17, 15) is 31.4 Å². The highest BCUT2D eigenvalue weighted by atomic mass is 79.9. The van der Waals surface area contributed by atoms with Gasteiger partial charge in [0.2, 0.25) is 5.41 Å². The molecule has 0 unspecified atom stereocenters. The topological polar surface area (TPSA) is 20.2 Å². The zero-order valence-electron chi connectivity index (χ0n) is 16.2. The third-order valence-electron chi connectivity index (χ3n) is 5.94. The number of halogens is 8. The lowest BCUT2D eigenvalue weighted by Crippen LogP contribution is -2.59. The molecule has 32 heavy (non-hydrogen) atoms. The molecule has 0 fully saturated rings. The molecule has 0 aromatic heterocycles. The number of hydrogen-bond donors (Lipinski definition) is 1. The molecule has 0 heterocycles. The number of alkyl halides is 6. The monoisotopic (exact) mass is 578 g/mol. The average Bonchev–Trinajstić information content (AvgIpc) is 2.66. The van der Waals surface area contributed by atoms with Gasteiger partial charge in [0, 0.05) is 8.95 Å². The first kappa shape index (κ1) is 23.3. The van der Waals surface area contributed by atoms with E-state index < -0.39 is 45.6 Å². The molecule has 0 aliphatic heterocycles. The van der Waals surface area contributed by atoms with Crippen molar-refractivity contribution in [1.82, 2.24) is 0 Å². The molecule has 168 valence electrons. The molecule has 3 aromatic rings. The van der Waals surface area contributed by atoms with Crippen molar-refractivity contribution < 1.29 is 31.4 Å². The van der Waals surface area contributed by atoms with Gasteiger partial charge in [0.15, 0.2) is 0 Å². The summed E-state index contributed by atoms with van der Waals surface area (Å²) in [7, 11) is 0. The van der Waals surface area contributed by atoms with E-state index in [0.717, 1.165) is 24.3 Å². The lowest BCUT2D eigenvalue weighted by atomic mass is 9.59. The van der Waals surface area contributed by atoms with Crippen molar-refractivity contribution >= 4 is 31.9 Å². The molecule has 0 atom stereocenters. The summed E-state index contributed by atoms with van der Waals surface area (Å²) in [5.41, 5.74) is -8.94. The SMILES string of the molecule is Cc1ccccc1C1(O)c2ccc(Br)cc2C(C(F)(F)F)(C(F)(F)F)c2cc(Br)ccc21. The molecule has 0 amide bonds. The Labute approximate surface area is 196 Å². The Morgan fingerprint density at radius 1 is 0.656 bits per heavy atom. The van der Waals surface area contributed by atoms with Gasteiger partial charge in [0.05, 0.1) is 0 Å². The van der Waals surface area contributed by atoms with Crippen molar-refractivity contribution in [2.75, 3.05) is 0 Å². The van der Waals surface area contributed by atoms with Gasteiger partial charge < -0.3 is 5.11 Å². The lowest BCUT2D eigenvalue weighted by Gasteiger charge is -2.48. The van der Waals surface area contributed by atoms with E-state index in [-0.39, 0.29) is 14.5 Å². The summed E-state index contributed by atoms with van der Waals surface area (Å²) >= 11 is 6.03. The van der Waals surface area contributed by atoms with Crippen molar-refractivity contribution in [2.24, 2.45) is 0 Å². The molecule has 1 nitrogen and oxygen atoms in total. The second kappa shape index (κ2) is 7.33. The number of benzene rings is 3. The van der Waals surface area contributed by atoms with Crippen LogP contribution in [0.15, 0.2) is 69.6 Å². The molecule has 1 aliphatic carbocycles. The van der Waals surface area contributed by atoms with Gasteiger partial charge in [0.1, 0.15) is 5.60 Å². The molecule has 1 N–H and O–H groups in total. The van der Waals surface area contributed by atoms with Crippen molar-refractivity contribution in [1.29, 1.82) is 0 Å². The summed E-state index contributed by atoms with van der Waals surface area (Å²) in [6, 6.07) is 12.9. The second-order valence-corrected chi connectivity index (χ2v) is 9.48. The molecule has 0 saturated heterocycles. The van der Waals surface area contributed by atoms with Gasteiger partial charge >= 0.3 is 12.4 Å². The Kier molecular flexibility index (Phi) is 5.34. The molecule has 0 spiro atoms. The highest BCUT2D eigenvalue weighted by molar-refractivity contribution is 9.10. The summed E-state index contributed by atoms with van der Waals surface area (Å²) in [5.74, 6) is 0. The van der Waals surface area contributed by atoms with E-state index >= 15 is 0 Å². The standard InChI is InChI=1S/C23H14Br2F6O/c1-12-4-2-3-5-15(12)20(32)16-8-6-13(24)10-18(16)21(22(26,27)28,23(29,30)31)19-11-14(25)7-9-17(19)20/h2-11,32H,1H3. The van der Waals surface area contributed by atoms with Gasteiger partial charge in [-0.25, -0.2) is 0 Å². The third-order valence-corrected chi connectivity index (χ3v) is 6.92. The third kappa shape index (κ3) is 3.00. The molecular weight excluding hydrogens is 566 g/mol. The molecule has 3 aromatic carbocycles. The van der Waals surface area contributed by atoms with Crippen LogP contribution in [0.4, 0.5) is 26.3 Å². The smallest absolute Gasteiger partial charge is 0.376 e. The molecule has 0 radical (unpaired) electrons. The fourth-order valence-corrected chi connectivity index (χ4v) is 5.34. The first-order chi connectivity index (χ1) is 14.8. The minimum absolute atomic E-state index is 0.0275. The lowest BCUT2D eigenvalue weighted by molar-refractivity contribution is -0.290. The van der Waals surface area contributed by atoms with E-state index in [2.05, 4.69) is 31.9 Å². The van der Waals surface area contributed by atoms with Crippen LogP contribution < -0.4 is 0 Å². The number of rotatable bonds is 1. The van der Waals surface area contributed by atoms with Crippen LogP contribution in [0.5, 0.6) is 0 Å². The van der Waals surface area contributed by atoms with Crippen LogP contribution in [0.2, 0.25) is 0 Å². The van der Waals surface area contributed by atoms with Crippen LogP contribution in [0, 0.1) is 6.92 Å². The zero-order chi connectivity index (χ0) is 23.7. The van der Waals surface area contributed by atoms with E-state index in [1.54, 1.807) is 25.1 Å². The fraction of sp³-hybridized carbons (Fsp3) is 0.217. The minimum atomic E-state index is -5.75. The van der Waals surface area contributed by atoms with Gasteiger partial charge in [-0.15, -0.1) is 0 Å². The summed E-state index contributed by atoms with van der Waals surface area (Å²) in [4.78, 5) is 0. The number of fused-ring (bicyclic) bond motifs is 2. The highest BCUT2D eigenvalue weighted by Gasteiger charge is 2.76. The Hall–Kier alpha value is -1.84. The van der Waals surface area contributed by atoms with Crippen LogP contribution in [0.1, 0.15) is 33.4 Å². The van der Waals surface area contributed by atoms with Gasteiger partial charge in [-0.05, 0) is 64.6 Å². The summed E-state index contributed by atoms with van der Waals surface area (Å²) in [6.07, 6.45) is -11.5. The first-order valence-corrected chi connectivity index (χ1v) is 10.9. The summed E-state index contributed by atoms with van der Waals surface area (Å²) in [5, 5.41) is 12.0. The van der Waals surface area contributed by atoms with E-state index in [0.29, 0.717) is 5.56 Å². The highest BCUT2D eigenvalue weighted by Crippen LogP contribution is 2.63. The minimum Gasteiger partial charge on any atom is -0.376 e. The van der Waals surface area contributed by atoms with Crippen molar-refractivity contribution in [3.05, 3.63) is 103 Å². The molecule has 1 aliphatic rings. The van der Waals surface area contributed by atoms with E-state index in [1.807, 2.05) is 0 Å². The molecule has 0 bridgehead atoms. The van der Waals surface area contributed by atoms with Crippen molar-refractivity contribution in [3.8, 4) is 0 Å². The molecule has 9 heteroatoms. The molecular formula is C23H14Br2F6O. The average molecular weight is 580 g/mol. The predicted molar refractivity (Wildman–Crippen MR) is 114 cm³/mol. The number of aryl methyl sites for hydroxylation is 1. The largest absolute Gasteiger partial charge is 0.411 e. The molecule has 0 saturated carbocycles. The number of hydrogen-bond acceptors (Lipinski definition) is 1. The Balaban J connectivity index is 2.30. The molecule has 4 rings (SSSR count). The van der Waals surface area contributed by atoms with E-state index in [1.165, 1.54) is 18.2 Å². The van der Waals surface area contributed by atoms with Crippen LogP contribution in [0.3, 0.4) is 0 Å². The van der Waals surface area contributed by atoms with Crippen molar-refractivity contribution in [2.45, 2.75) is 30.3 Å². The van der Waals surface area contributed by atoms with Crippen LogP contribution in [-0.2, 0) is 11.0 Å². The summed E-state index contributed by atoms with van der Waals surface area (Å²) in [6.45, 7) is 1.64. The fourth-order valence-electron chi connectivity index (χ4n) is 4.62. The van der Waals surface area contributed by atoms with Gasteiger partial charge in [0.25, 0.3) is 0 Å². The van der Waals surface area contributed by atoms with Gasteiger partial charge in [-0.3, -0.25) is 0 Å². The Bertz CT molecular complexity index is 1150. The number of aliphatic hydroxyl groups is 1. The van der Waals surface area contributed by atoms with Crippen LogP contribution in [0.25, 0.3) is 0 Å². The normalized spacial score (nSPS) is 16.9. The maximum Gasteiger partial charge on any atom is 0.411 e. The Morgan fingerprint density at radius 2 is 1.09 bits per heavy atom. The van der Waals surface area contributed by atoms with Crippen molar-refractivity contribution in [3.63, 3.8) is 0 Å². The quantitative estimate of drug-likeness (QED) is 0.296. The van der Waals surface area contributed by atoms with Gasteiger partial charge in [-0.2, -0.15) is 26.3 Å². The first-order valence-electron chi connectivity index (χ1n) is 9.29. The van der Waals surface area contributed by atoms with E-state index in [4.69, 9.17) is 0 Å². The second-order valence-electron chi connectivity index (χ2n) is 7.65. The van der Waals surface area contributed by atoms with Gasteiger partial charge in [-0.1, -0.05) is 68.3 Å².